The van der Waals surface area contributed by atoms with E-state index in [-0.39, 0.29) is 18.1 Å². The molecule has 0 radical (unpaired) electrons. The molecule has 2 atom stereocenters. The van der Waals surface area contributed by atoms with Gasteiger partial charge in [-0.2, -0.15) is 10.1 Å². The highest BCUT2D eigenvalue weighted by Gasteiger charge is 2.44. The average Bonchev–Trinajstić information content (AvgIpc) is 3.56. The van der Waals surface area contributed by atoms with Crippen LogP contribution in [0, 0.1) is 0 Å². The molecule has 1 unspecified atom stereocenters. The molecule has 3 heterocycles. The molecule has 1 fully saturated rings. The van der Waals surface area contributed by atoms with Gasteiger partial charge in [0.25, 0.3) is 5.91 Å². The van der Waals surface area contributed by atoms with Crippen LogP contribution in [0.2, 0.25) is 0 Å². The molecule has 0 bridgehead atoms. The van der Waals surface area contributed by atoms with Crippen LogP contribution >= 0.6 is 0 Å². The zero-order valence-electron chi connectivity index (χ0n) is 19.9. The molecule has 1 amide bonds. The quantitative estimate of drug-likeness (QED) is 0.574. The zero-order chi connectivity index (χ0) is 23.7. The van der Waals surface area contributed by atoms with Crippen molar-refractivity contribution in [3.05, 3.63) is 35.5 Å². The summed E-state index contributed by atoms with van der Waals surface area (Å²) in [5, 5.41) is 10.4. The number of carbonyl (C=O) groups excluding carboxylic acids is 1. The van der Waals surface area contributed by atoms with Crippen molar-refractivity contribution in [3.63, 3.8) is 0 Å². The van der Waals surface area contributed by atoms with Gasteiger partial charge in [-0.15, -0.1) is 0 Å². The predicted molar refractivity (Wildman–Crippen MR) is 133 cm³/mol. The molecule has 10 heteroatoms. The fourth-order valence-electron chi connectivity index (χ4n) is 5.34. The van der Waals surface area contributed by atoms with Crippen molar-refractivity contribution in [1.29, 1.82) is 0 Å². The Balaban J connectivity index is 1.51. The number of methoxy groups -OCH3 is 1. The molecule has 1 aromatic heterocycles. The van der Waals surface area contributed by atoms with E-state index in [0.717, 1.165) is 29.2 Å². The van der Waals surface area contributed by atoms with Gasteiger partial charge in [0.2, 0.25) is 5.95 Å². The van der Waals surface area contributed by atoms with E-state index in [0.29, 0.717) is 24.2 Å². The van der Waals surface area contributed by atoms with Crippen LogP contribution in [0.3, 0.4) is 0 Å². The van der Waals surface area contributed by atoms with Gasteiger partial charge in [0.1, 0.15) is 18.2 Å². The number of fused-ring (bicyclic) bond motifs is 3. The summed E-state index contributed by atoms with van der Waals surface area (Å²) in [5.41, 5.74) is 6.50. The van der Waals surface area contributed by atoms with Gasteiger partial charge < -0.3 is 25.2 Å². The normalized spacial score (nSPS) is 21.3. The summed E-state index contributed by atoms with van der Waals surface area (Å²) >= 11 is 0. The minimum absolute atomic E-state index is 0.0890. The second-order valence-corrected chi connectivity index (χ2v) is 8.96. The van der Waals surface area contributed by atoms with Gasteiger partial charge in [0.15, 0.2) is 5.82 Å². The highest BCUT2D eigenvalue weighted by Crippen LogP contribution is 2.42. The fourth-order valence-corrected chi connectivity index (χ4v) is 5.34. The van der Waals surface area contributed by atoms with Gasteiger partial charge >= 0.3 is 0 Å². The Morgan fingerprint density at radius 2 is 2.12 bits per heavy atom. The smallest absolute Gasteiger partial charge is 0.251 e. The minimum atomic E-state index is -0.137. The first kappa shape index (κ1) is 22.4. The maximum Gasteiger partial charge on any atom is 0.251 e. The van der Waals surface area contributed by atoms with E-state index in [1.54, 1.807) is 20.2 Å². The molecule has 1 saturated carbocycles. The highest BCUT2D eigenvalue weighted by atomic mass is 16.5. The number of ether oxygens (including phenoxy) is 1. The van der Waals surface area contributed by atoms with Crippen LogP contribution in [0.25, 0.3) is 0 Å². The van der Waals surface area contributed by atoms with Crippen LogP contribution in [0.1, 0.15) is 54.9 Å². The number of benzene rings is 1. The average molecular weight is 465 g/mol. The molecule has 1 aromatic carbocycles. The third-order valence-electron chi connectivity index (χ3n) is 6.96. The third kappa shape index (κ3) is 3.91. The van der Waals surface area contributed by atoms with E-state index in [1.165, 1.54) is 25.7 Å². The number of nitrogens with one attached hydrogen (secondary N) is 3. The second-order valence-electron chi connectivity index (χ2n) is 8.96. The molecule has 10 nitrogen and oxygen atoms in total. The predicted octanol–water partition coefficient (Wildman–Crippen LogP) is 2.95. The van der Waals surface area contributed by atoms with E-state index in [1.807, 2.05) is 24.7 Å². The van der Waals surface area contributed by atoms with Gasteiger partial charge in [0.05, 0.1) is 18.8 Å². The number of anilines is 4. The monoisotopic (exact) mass is 464 g/mol. The first-order valence-electron chi connectivity index (χ1n) is 12.0. The summed E-state index contributed by atoms with van der Waals surface area (Å²) in [6.45, 7) is 2.59. The van der Waals surface area contributed by atoms with Gasteiger partial charge in [0, 0.05) is 37.0 Å². The van der Waals surface area contributed by atoms with E-state index in [2.05, 4.69) is 42.9 Å². The zero-order valence-corrected chi connectivity index (χ0v) is 19.9. The number of amides is 1. The number of carbonyl (C=O) groups is 1. The van der Waals surface area contributed by atoms with E-state index < -0.39 is 0 Å². The molecule has 0 saturated heterocycles. The van der Waals surface area contributed by atoms with Crippen LogP contribution < -0.4 is 25.9 Å². The summed E-state index contributed by atoms with van der Waals surface area (Å²) in [6, 6.07) is 6.22. The van der Waals surface area contributed by atoms with Crippen molar-refractivity contribution in [3.8, 4) is 0 Å². The van der Waals surface area contributed by atoms with Crippen molar-refractivity contribution in [1.82, 2.24) is 20.7 Å². The summed E-state index contributed by atoms with van der Waals surface area (Å²) in [4.78, 5) is 26.4. The van der Waals surface area contributed by atoms with Crippen LogP contribution in [-0.2, 0) is 11.3 Å². The lowest BCUT2D eigenvalue weighted by Crippen LogP contribution is -2.60. The molecule has 2 aromatic rings. The van der Waals surface area contributed by atoms with Crippen molar-refractivity contribution in [2.24, 2.45) is 5.10 Å². The first-order valence-corrected chi connectivity index (χ1v) is 12.0. The summed E-state index contributed by atoms with van der Waals surface area (Å²) in [7, 11) is 3.26. The number of nitrogens with zero attached hydrogens (tertiary/aromatic N) is 5. The molecule has 34 heavy (non-hydrogen) atoms. The van der Waals surface area contributed by atoms with E-state index in [4.69, 9.17) is 9.72 Å². The number of rotatable bonds is 7. The Morgan fingerprint density at radius 3 is 2.85 bits per heavy atom. The van der Waals surface area contributed by atoms with Gasteiger partial charge in [-0.1, -0.05) is 19.8 Å². The maximum absolute atomic E-state index is 12.1. The Labute approximate surface area is 199 Å². The van der Waals surface area contributed by atoms with Gasteiger partial charge in [-0.05, 0) is 37.5 Å². The SMILES string of the molecule is CC[C@@H]1C2NN=CN2c2cnc(Nc3ccc(C(=O)NC)cc3COC)nc2N1C1CCCC1. The van der Waals surface area contributed by atoms with Crippen LogP contribution in [0.15, 0.2) is 29.5 Å². The largest absolute Gasteiger partial charge is 0.380 e. The molecule has 1 aliphatic carbocycles. The van der Waals surface area contributed by atoms with E-state index >= 15 is 0 Å². The van der Waals surface area contributed by atoms with Crippen molar-refractivity contribution in [2.45, 2.75) is 63.9 Å². The molecule has 0 spiro atoms. The van der Waals surface area contributed by atoms with Crippen molar-refractivity contribution >= 4 is 35.4 Å². The van der Waals surface area contributed by atoms with Crippen molar-refractivity contribution < 1.29 is 9.53 Å². The Bertz CT molecular complexity index is 1080. The summed E-state index contributed by atoms with van der Waals surface area (Å²) < 4.78 is 5.38. The highest BCUT2D eigenvalue weighted by molar-refractivity contribution is 5.95. The lowest BCUT2D eigenvalue weighted by Gasteiger charge is -2.47. The Morgan fingerprint density at radius 1 is 1.29 bits per heavy atom. The number of aromatic nitrogens is 2. The lowest BCUT2D eigenvalue weighted by molar-refractivity contribution is 0.0963. The molecule has 180 valence electrons. The number of hydrogen-bond donors (Lipinski definition) is 3. The minimum Gasteiger partial charge on any atom is -0.380 e. The maximum atomic E-state index is 12.1. The fraction of sp³-hybridized carbons (Fsp3) is 0.500. The molecule has 2 aliphatic heterocycles. The lowest BCUT2D eigenvalue weighted by atomic mass is 10.0. The standard InChI is InChI=1S/C24H32N8O2/c1-4-19-22-30-27-14-31(22)20-12-26-24(29-21(20)32(19)17-7-5-6-8-17)28-18-10-9-15(23(33)25-2)11-16(18)13-34-3/h9-12,14,17,19,22,30H,4-8,13H2,1-3H3,(H,25,33)(H,26,28,29)/t19-,22?/m1/s1. The molecule has 3 aliphatic rings. The van der Waals surface area contributed by atoms with E-state index in [9.17, 15) is 4.79 Å². The van der Waals surface area contributed by atoms with Crippen LogP contribution in [0.5, 0.6) is 0 Å². The van der Waals surface area contributed by atoms with Gasteiger partial charge in [-0.25, -0.2) is 4.98 Å². The molecular formula is C24H32N8O2. The molecule has 5 rings (SSSR count). The second kappa shape index (κ2) is 9.46. The van der Waals surface area contributed by atoms with Crippen LogP contribution in [-0.4, -0.2) is 54.6 Å². The van der Waals surface area contributed by atoms with Crippen LogP contribution in [0.4, 0.5) is 23.1 Å². The topological polar surface area (TPSA) is 107 Å². The number of hydrogen-bond acceptors (Lipinski definition) is 9. The Hall–Kier alpha value is -3.40. The molecular weight excluding hydrogens is 432 g/mol. The summed E-state index contributed by atoms with van der Waals surface area (Å²) in [6.07, 6.45) is 9.64. The first-order chi connectivity index (χ1) is 16.6. The van der Waals surface area contributed by atoms with Crippen molar-refractivity contribution in [2.75, 3.05) is 29.3 Å². The molecule has 3 N–H and O–H groups in total. The number of hydrazone groups is 1. The van der Waals surface area contributed by atoms with Gasteiger partial charge in [-0.3, -0.25) is 10.2 Å². The third-order valence-corrected chi connectivity index (χ3v) is 6.96. The Kier molecular flexibility index (Phi) is 6.23. The summed E-state index contributed by atoms with van der Waals surface area (Å²) in [5.74, 6) is 1.32.